The highest BCUT2D eigenvalue weighted by Gasteiger charge is 2.22. The lowest BCUT2D eigenvalue weighted by atomic mass is 10.4. The number of carbonyl (C=O) groups is 1. The maximum atomic E-state index is 10.9. The van der Waals surface area contributed by atoms with Gasteiger partial charge in [-0.2, -0.15) is 5.11 Å². The summed E-state index contributed by atoms with van der Waals surface area (Å²) in [4.78, 5) is 10.9. The van der Waals surface area contributed by atoms with E-state index in [9.17, 15) is 4.79 Å². The first-order valence-corrected chi connectivity index (χ1v) is 3.97. The van der Waals surface area contributed by atoms with Crippen LogP contribution in [0.3, 0.4) is 0 Å². The second-order valence-electron chi connectivity index (χ2n) is 1.76. The van der Waals surface area contributed by atoms with Gasteiger partial charge < -0.3 is 4.74 Å². The Morgan fingerprint density at radius 2 is 2.70 bits per heavy atom. The highest BCUT2D eigenvalue weighted by atomic mass is 32.2. The Morgan fingerprint density at radius 1 is 1.90 bits per heavy atom. The van der Waals surface area contributed by atoms with Gasteiger partial charge in [0, 0.05) is 11.9 Å². The summed E-state index contributed by atoms with van der Waals surface area (Å²) in [6, 6.07) is -0.357. The van der Waals surface area contributed by atoms with Crippen LogP contribution in [0.1, 0.15) is 6.92 Å². The van der Waals surface area contributed by atoms with Crippen LogP contribution in [0.25, 0.3) is 0 Å². The van der Waals surface area contributed by atoms with Crippen LogP contribution in [0.2, 0.25) is 0 Å². The molecule has 0 unspecified atom stereocenters. The fraction of sp³-hybridized carbons (Fsp3) is 0.800. The predicted molar refractivity (Wildman–Crippen MR) is 37.7 cm³/mol. The fourth-order valence-electron chi connectivity index (χ4n) is 0.581. The molecule has 0 N–H and O–H groups in total. The maximum Gasteiger partial charge on any atom is 0.333 e. The molecule has 56 valence electrons. The minimum Gasteiger partial charge on any atom is -0.464 e. The zero-order chi connectivity index (χ0) is 7.40. The zero-order valence-electron chi connectivity index (χ0n) is 5.61. The van der Waals surface area contributed by atoms with E-state index in [1.54, 1.807) is 6.92 Å². The molecular formula is C5H8N2O2S. The smallest absolute Gasteiger partial charge is 0.333 e. The van der Waals surface area contributed by atoms with Gasteiger partial charge in [-0.05, 0) is 6.92 Å². The monoisotopic (exact) mass is 160 g/mol. The van der Waals surface area contributed by atoms with Gasteiger partial charge in [-0.15, -0.1) is 4.52 Å². The molecule has 4 nitrogen and oxygen atoms in total. The second kappa shape index (κ2) is 3.55. The van der Waals surface area contributed by atoms with Crippen molar-refractivity contribution < 1.29 is 9.53 Å². The Balaban J connectivity index is 2.33. The van der Waals surface area contributed by atoms with Gasteiger partial charge >= 0.3 is 5.97 Å². The molecule has 0 amide bonds. The Morgan fingerprint density at radius 3 is 3.20 bits per heavy atom. The SMILES string of the molecule is CCOC(=O)[C@@H]1CSN=N1. The molecular weight excluding hydrogens is 152 g/mol. The zero-order valence-corrected chi connectivity index (χ0v) is 6.43. The van der Waals surface area contributed by atoms with Crippen LogP contribution in [0.5, 0.6) is 0 Å². The van der Waals surface area contributed by atoms with E-state index < -0.39 is 0 Å². The Labute approximate surface area is 63.2 Å². The van der Waals surface area contributed by atoms with E-state index in [0.29, 0.717) is 12.4 Å². The van der Waals surface area contributed by atoms with Crippen LogP contribution >= 0.6 is 11.9 Å². The van der Waals surface area contributed by atoms with Crippen molar-refractivity contribution in [3.63, 3.8) is 0 Å². The number of carbonyl (C=O) groups excluding carboxylic acids is 1. The van der Waals surface area contributed by atoms with Crippen LogP contribution in [0, 0.1) is 0 Å². The molecule has 0 spiro atoms. The molecule has 1 heterocycles. The third-order valence-corrected chi connectivity index (χ3v) is 1.71. The first kappa shape index (κ1) is 7.53. The lowest BCUT2D eigenvalue weighted by molar-refractivity contribution is -0.143. The minimum atomic E-state index is -0.357. The Kier molecular flexibility index (Phi) is 2.68. The summed E-state index contributed by atoms with van der Waals surface area (Å²) in [6.45, 7) is 2.19. The van der Waals surface area contributed by atoms with E-state index >= 15 is 0 Å². The number of nitrogens with zero attached hydrogens (tertiary/aromatic N) is 2. The standard InChI is InChI=1S/C5H8N2O2S/c1-2-9-5(8)4-3-10-7-6-4/h4H,2-3H2,1H3/t4-/m0/s1. The second-order valence-corrected chi connectivity index (χ2v) is 2.52. The van der Waals surface area contributed by atoms with Gasteiger partial charge in [0.05, 0.1) is 12.4 Å². The molecule has 0 saturated carbocycles. The van der Waals surface area contributed by atoms with E-state index in [2.05, 4.69) is 9.63 Å². The number of hydrogen-bond donors (Lipinski definition) is 0. The van der Waals surface area contributed by atoms with Gasteiger partial charge in [0.15, 0.2) is 6.04 Å². The van der Waals surface area contributed by atoms with E-state index in [0.717, 1.165) is 0 Å². The summed E-state index contributed by atoms with van der Waals surface area (Å²) >= 11 is 1.29. The lowest BCUT2D eigenvalue weighted by Gasteiger charge is -2.01. The molecule has 10 heavy (non-hydrogen) atoms. The molecule has 1 aliphatic heterocycles. The van der Waals surface area contributed by atoms with Gasteiger partial charge in [-0.3, -0.25) is 0 Å². The molecule has 0 aromatic heterocycles. The molecule has 0 radical (unpaired) electrons. The molecule has 5 heteroatoms. The molecule has 0 aliphatic carbocycles. The molecule has 0 fully saturated rings. The van der Waals surface area contributed by atoms with Crippen molar-refractivity contribution in [1.29, 1.82) is 0 Å². The summed E-state index contributed by atoms with van der Waals surface area (Å²) in [7, 11) is 0. The van der Waals surface area contributed by atoms with E-state index in [-0.39, 0.29) is 12.0 Å². The van der Waals surface area contributed by atoms with Crippen LogP contribution in [-0.4, -0.2) is 24.4 Å². The van der Waals surface area contributed by atoms with Crippen LogP contribution in [0.4, 0.5) is 0 Å². The number of rotatable bonds is 2. The van der Waals surface area contributed by atoms with Crippen LogP contribution in [-0.2, 0) is 9.53 Å². The van der Waals surface area contributed by atoms with E-state index in [1.807, 2.05) is 0 Å². The Bertz CT molecular complexity index is 160. The summed E-state index contributed by atoms with van der Waals surface area (Å²) < 4.78 is 8.33. The summed E-state index contributed by atoms with van der Waals surface area (Å²) in [5.41, 5.74) is 0. The molecule has 0 aromatic carbocycles. The number of hydrogen-bond acceptors (Lipinski definition) is 5. The van der Waals surface area contributed by atoms with Crippen LogP contribution < -0.4 is 0 Å². The summed E-state index contributed by atoms with van der Waals surface area (Å²) in [5, 5.41) is 3.67. The van der Waals surface area contributed by atoms with Gasteiger partial charge in [0.1, 0.15) is 0 Å². The number of ether oxygens (including phenoxy) is 1. The highest BCUT2D eigenvalue weighted by molar-refractivity contribution is 7.98. The van der Waals surface area contributed by atoms with Gasteiger partial charge in [-0.25, -0.2) is 4.79 Å². The predicted octanol–water partition coefficient (Wildman–Crippen LogP) is 1.03. The first-order chi connectivity index (χ1) is 4.84. The third kappa shape index (κ3) is 1.70. The third-order valence-electron chi connectivity index (χ3n) is 1.04. The summed E-state index contributed by atoms with van der Waals surface area (Å²) in [5.74, 6) is 0.356. The van der Waals surface area contributed by atoms with Gasteiger partial charge in [0.25, 0.3) is 0 Å². The topological polar surface area (TPSA) is 51.0 Å². The van der Waals surface area contributed by atoms with Crippen molar-refractivity contribution in [2.75, 3.05) is 12.4 Å². The fourth-order valence-corrected chi connectivity index (χ4v) is 1.17. The van der Waals surface area contributed by atoms with Crippen molar-refractivity contribution in [3.8, 4) is 0 Å². The van der Waals surface area contributed by atoms with Crippen LogP contribution in [0.15, 0.2) is 9.63 Å². The minimum absolute atomic E-state index is 0.267. The molecule has 1 aliphatic rings. The van der Waals surface area contributed by atoms with Crippen molar-refractivity contribution in [2.24, 2.45) is 9.63 Å². The van der Waals surface area contributed by atoms with Gasteiger partial charge in [-0.1, -0.05) is 0 Å². The van der Waals surface area contributed by atoms with Gasteiger partial charge in [0.2, 0.25) is 0 Å². The average Bonchev–Trinajstić information content (AvgIpc) is 2.38. The first-order valence-electron chi connectivity index (χ1n) is 3.03. The normalized spacial score (nSPS) is 23.1. The van der Waals surface area contributed by atoms with Crippen molar-refractivity contribution in [1.82, 2.24) is 0 Å². The molecule has 0 aromatic rings. The average molecular weight is 160 g/mol. The molecule has 1 atom stereocenters. The Hall–Kier alpha value is -0.580. The summed E-state index contributed by atoms with van der Waals surface area (Å²) in [6.07, 6.45) is 0. The molecule has 0 bridgehead atoms. The van der Waals surface area contributed by atoms with Crippen molar-refractivity contribution in [3.05, 3.63) is 0 Å². The quantitative estimate of drug-likeness (QED) is 0.448. The highest BCUT2D eigenvalue weighted by Crippen LogP contribution is 2.17. The maximum absolute atomic E-state index is 10.9. The molecule has 0 saturated heterocycles. The molecule has 1 rings (SSSR count). The van der Waals surface area contributed by atoms with Crippen molar-refractivity contribution >= 4 is 17.9 Å². The van der Waals surface area contributed by atoms with E-state index in [1.165, 1.54) is 11.9 Å². The largest absolute Gasteiger partial charge is 0.464 e. The lowest BCUT2D eigenvalue weighted by Crippen LogP contribution is -2.21. The number of esters is 1. The van der Waals surface area contributed by atoms with E-state index in [4.69, 9.17) is 4.74 Å². The van der Waals surface area contributed by atoms with Crippen molar-refractivity contribution in [2.45, 2.75) is 13.0 Å².